The van der Waals surface area contributed by atoms with E-state index in [0.717, 1.165) is 48.1 Å². The van der Waals surface area contributed by atoms with E-state index in [9.17, 15) is 14.4 Å². The summed E-state index contributed by atoms with van der Waals surface area (Å²) >= 11 is 0.770. The number of carbonyl (C=O) groups excluding carboxylic acids is 3. The summed E-state index contributed by atoms with van der Waals surface area (Å²) in [7, 11) is 1.54. The number of fused-ring (bicyclic) bond motifs is 1. The van der Waals surface area contributed by atoms with Gasteiger partial charge >= 0.3 is 0 Å². The highest BCUT2D eigenvalue weighted by Crippen LogP contribution is 2.35. The van der Waals surface area contributed by atoms with E-state index < -0.39 is 17.9 Å². The third kappa shape index (κ3) is 5.26. The van der Waals surface area contributed by atoms with Crippen LogP contribution in [0.5, 0.6) is 5.75 Å². The smallest absolute Gasteiger partial charge is 0.273 e. The van der Waals surface area contributed by atoms with E-state index >= 15 is 0 Å². The summed E-state index contributed by atoms with van der Waals surface area (Å²) in [5.41, 5.74) is 13.1. The molecule has 3 amide bonds. The number of nitrogens with two attached hydrogens (primary N) is 2. The van der Waals surface area contributed by atoms with Gasteiger partial charge in [-0.25, -0.2) is 0 Å². The van der Waals surface area contributed by atoms with Crippen LogP contribution in [0.15, 0.2) is 60.8 Å². The maximum absolute atomic E-state index is 14.2. The van der Waals surface area contributed by atoms with Crippen molar-refractivity contribution in [1.29, 1.82) is 0 Å². The molecule has 2 heterocycles. The Labute approximate surface area is 229 Å². The lowest BCUT2D eigenvalue weighted by molar-refractivity contribution is -0.123. The van der Waals surface area contributed by atoms with Gasteiger partial charge in [0.2, 0.25) is 5.91 Å². The number of hydrogen-bond acceptors (Lipinski definition) is 8. The van der Waals surface area contributed by atoms with Crippen LogP contribution in [0.25, 0.3) is 10.9 Å². The van der Waals surface area contributed by atoms with Crippen LogP contribution in [-0.2, 0) is 4.79 Å². The van der Waals surface area contributed by atoms with Gasteiger partial charge in [0.15, 0.2) is 5.69 Å². The van der Waals surface area contributed by atoms with Crippen LogP contribution < -0.4 is 26.4 Å². The number of primary amides is 1. The number of nitrogen functional groups attached to an aromatic ring is 1. The van der Waals surface area contributed by atoms with Gasteiger partial charge < -0.3 is 21.5 Å². The van der Waals surface area contributed by atoms with Crippen molar-refractivity contribution in [2.45, 2.75) is 37.8 Å². The van der Waals surface area contributed by atoms with Crippen molar-refractivity contribution in [3.63, 3.8) is 0 Å². The predicted molar refractivity (Wildman–Crippen MR) is 150 cm³/mol. The maximum Gasteiger partial charge on any atom is 0.273 e. The van der Waals surface area contributed by atoms with Gasteiger partial charge in [0, 0.05) is 23.3 Å². The number of anilines is 2. The van der Waals surface area contributed by atoms with E-state index in [4.69, 9.17) is 16.2 Å². The zero-order valence-corrected chi connectivity index (χ0v) is 22.1. The lowest BCUT2D eigenvalue weighted by Gasteiger charge is -2.32. The number of nitrogens with zero attached hydrogens (tertiary/aromatic N) is 3. The molecule has 11 heteroatoms. The first-order chi connectivity index (χ1) is 18.9. The molecule has 0 unspecified atom stereocenters. The predicted octanol–water partition coefficient (Wildman–Crippen LogP) is 3.83. The molecule has 4 aromatic rings. The van der Waals surface area contributed by atoms with Crippen molar-refractivity contribution in [2.24, 2.45) is 5.73 Å². The molecule has 1 aliphatic carbocycles. The van der Waals surface area contributed by atoms with Crippen LogP contribution in [0.3, 0.4) is 0 Å². The average molecular weight is 545 g/mol. The Hall–Kier alpha value is -4.51. The minimum Gasteiger partial charge on any atom is -0.497 e. The van der Waals surface area contributed by atoms with Gasteiger partial charge in [0.05, 0.1) is 18.3 Å². The average Bonchev–Trinajstić information content (AvgIpc) is 3.60. The standard InChI is InChI=1S/C28H28N6O4S/c1-38-20-11-9-19(10-12-20)34(28(37)25-22(29)23(26(30)35)33-39-25)24(27(36)32-18-6-2-3-7-18)17-8-13-21-16(15-17)5-4-14-31-21/h4-5,8-15,18,24H,2-3,6-7,29H2,1H3,(H2,30,35)(H,32,36)/t24-/m1/s1. The largest absolute Gasteiger partial charge is 0.497 e. The first kappa shape index (κ1) is 26.1. The second kappa shape index (κ2) is 11.1. The molecule has 1 atom stereocenters. The summed E-state index contributed by atoms with van der Waals surface area (Å²) in [6, 6.07) is 14.9. The monoisotopic (exact) mass is 544 g/mol. The molecule has 5 N–H and O–H groups in total. The number of nitrogens with one attached hydrogen (secondary N) is 1. The topological polar surface area (TPSA) is 154 Å². The lowest BCUT2D eigenvalue weighted by atomic mass is 9.99. The van der Waals surface area contributed by atoms with E-state index in [-0.39, 0.29) is 28.2 Å². The Morgan fingerprint density at radius 2 is 1.85 bits per heavy atom. The number of benzene rings is 2. The van der Waals surface area contributed by atoms with Gasteiger partial charge in [-0.15, -0.1) is 0 Å². The number of ether oxygens (including phenoxy) is 1. The zero-order valence-electron chi connectivity index (χ0n) is 21.3. The molecule has 0 bridgehead atoms. The molecule has 1 aliphatic rings. The third-order valence-electron chi connectivity index (χ3n) is 6.88. The summed E-state index contributed by atoms with van der Waals surface area (Å²) < 4.78 is 9.31. The summed E-state index contributed by atoms with van der Waals surface area (Å²) in [4.78, 5) is 45.9. The molecule has 10 nitrogen and oxygen atoms in total. The molecule has 2 aromatic carbocycles. The van der Waals surface area contributed by atoms with Crippen molar-refractivity contribution in [2.75, 3.05) is 17.7 Å². The number of aromatic nitrogens is 2. The van der Waals surface area contributed by atoms with Crippen LogP contribution in [0.2, 0.25) is 0 Å². The fraction of sp³-hybridized carbons (Fsp3) is 0.250. The third-order valence-corrected chi connectivity index (χ3v) is 7.73. The molecule has 0 saturated heterocycles. The minimum atomic E-state index is -1.06. The van der Waals surface area contributed by atoms with E-state index in [1.54, 1.807) is 43.6 Å². The highest BCUT2D eigenvalue weighted by atomic mass is 32.1. The lowest BCUT2D eigenvalue weighted by Crippen LogP contribution is -2.46. The van der Waals surface area contributed by atoms with Crippen LogP contribution in [-0.4, -0.2) is 40.2 Å². The number of amides is 3. The molecule has 5 rings (SSSR count). The van der Waals surface area contributed by atoms with Crippen LogP contribution >= 0.6 is 11.5 Å². The molecular weight excluding hydrogens is 516 g/mol. The molecule has 2 aromatic heterocycles. The Morgan fingerprint density at radius 3 is 2.51 bits per heavy atom. The molecule has 200 valence electrons. The fourth-order valence-corrected chi connectivity index (χ4v) is 5.64. The van der Waals surface area contributed by atoms with Gasteiger partial charge in [0.25, 0.3) is 11.8 Å². The van der Waals surface area contributed by atoms with Crippen LogP contribution in [0.1, 0.15) is 57.4 Å². The molecule has 0 radical (unpaired) electrons. The first-order valence-corrected chi connectivity index (χ1v) is 13.3. The second-order valence-electron chi connectivity index (χ2n) is 9.36. The fourth-order valence-electron chi connectivity index (χ4n) is 4.90. The van der Waals surface area contributed by atoms with Gasteiger partial charge in [0.1, 0.15) is 16.7 Å². The minimum absolute atomic E-state index is 0.0146. The molecule has 1 saturated carbocycles. The van der Waals surface area contributed by atoms with Gasteiger partial charge in [-0.05, 0) is 72.4 Å². The molecule has 39 heavy (non-hydrogen) atoms. The molecular formula is C28H28N6O4S. The number of rotatable bonds is 8. The summed E-state index contributed by atoms with van der Waals surface area (Å²) in [6.45, 7) is 0. The highest BCUT2D eigenvalue weighted by molar-refractivity contribution is 7.09. The van der Waals surface area contributed by atoms with Gasteiger partial charge in [-0.1, -0.05) is 25.0 Å². The van der Waals surface area contributed by atoms with Crippen molar-refractivity contribution >= 4 is 51.5 Å². The number of pyridine rings is 1. The second-order valence-corrected chi connectivity index (χ2v) is 10.1. The Kier molecular flexibility index (Phi) is 7.42. The quantitative estimate of drug-likeness (QED) is 0.305. The summed E-state index contributed by atoms with van der Waals surface area (Å²) in [5, 5.41) is 3.98. The van der Waals surface area contributed by atoms with Gasteiger partial charge in [-0.3, -0.25) is 24.3 Å². The normalized spacial score (nSPS) is 14.2. The summed E-state index contributed by atoms with van der Waals surface area (Å²) in [6.07, 6.45) is 5.51. The number of carbonyl (C=O) groups is 3. The van der Waals surface area contributed by atoms with Crippen LogP contribution in [0.4, 0.5) is 11.4 Å². The zero-order chi connectivity index (χ0) is 27.5. The van der Waals surface area contributed by atoms with Crippen molar-refractivity contribution < 1.29 is 19.1 Å². The molecule has 0 aliphatic heterocycles. The number of hydrogen-bond donors (Lipinski definition) is 3. The number of methoxy groups -OCH3 is 1. The van der Waals surface area contributed by atoms with E-state index in [1.165, 1.54) is 4.90 Å². The van der Waals surface area contributed by atoms with Crippen LogP contribution in [0, 0.1) is 0 Å². The van der Waals surface area contributed by atoms with Crippen molar-refractivity contribution in [3.8, 4) is 5.75 Å². The first-order valence-electron chi connectivity index (χ1n) is 12.5. The van der Waals surface area contributed by atoms with Gasteiger partial charge in [-0.2, -0.15) is 4.37 Å². The van der Waals surface area contributed by atoms with E-state index in [2.05, 4.69) is 14.7 Å². The molecule has 0 spiro atoms. The van der Waals surface area contributed by atoms with Crippen molar-refractivity contribution in [1.82, 2.24) is 14.7 Å². The highest BCUT2D eigenvalue weighted by Gasteiger charge is 2.37. The summed E-state index contributed by atoms with van der Waals surface area (Å²) in [5.74, 6) is -1.16. The Bertz CT molecular complexity index is 1530. The Morgan fingerprint density at radius 1 is 1.10 bits per heavy atom. The van der Waals surface area contributed by atoms with E-state index in [1.807, 2.05) is 24.3 Å². The van der Waals surface area contributed by atoms with E-state index in [0.29, 0.717) is 17.0 Å². The maximum atomic E-state index is 14.2. The van der Waals surface area contributed by atoms with Crippen molar-refractivity contribution in [3.05, 3.63) is 76.9 Å². The Balaban J connectivity index is 1.67. The molecule has 1 fully saturated rings. The SMILES string of the molecule is COc1ccc(N(C(=O)c2snc(C(N)=O)c2N)[C@@H](C(=O)NC2CCCC2)c2ccc3ncccc3c2)cc1.